The molecule has 0 aromatic carbocycles. The van der Waals surface area contributed by atoms with Crippen LogP contribution in [0.15, 0.2) is 11.6 Å². The van der Waals surface area contributed by atoms with Gasteiger partial charge in [0.05, 0.1) is 5.88 Å². The quantitative estimate of drug-likeness (QED) is 0.652. The predicted octanol–water partition coefficient (Wildman–Crippen LogP) is 4.89. The van der Waals surface area contributed by atoms with Gasteiger partial charge in [-0.15, -0.1) is 11.6 Å². The van der Waals surface area contributed by atoms with Gasteiger partial charge in [0.15, 0.2) is 11.6 Å². The molecule has 3 fully saturated rings. The Labute approximate surface area is 154 Å². The molecule has 0 spiro atoms. The van der Waals surface area contributed by atoms with Gasteiger partial charge in [-0.2, -0.15) is 0 Å². The maximum Gasteiger partial charge on any atom is 0.155 e. The van der Waals surface area contributed by atoms with Gasteiger partial charge in [-0.3, -0.25) is 9.59 Å². The van der Waals surface area contributed by atoms with Crippen LogP contribution in [0.1, 0.15) is 58.8 Å². The van der Waals surface area contributed by atoms with Crippen molar-refractivity contribution in [3.05, 3.63) is 11.6 Å². The van der Waals surface area contributed by atoms with E-state index in [1.165, 1.54) is 0 Å². The summed E-state index contributed by atoms with van der Waals surface area (Å²) in [6.07, 6.45) is 6.47. The maximum atomic E-state index is 15.1. The van der Waals surface area contributed by atoms with Crippen LogP contribution in [-0.2, 0) is 9.59 Å². The van der Waals surface area contributed by atoms with E-state index in [4.69, 9.17) is 11.6 Å². The minimum Gasteiger partial charge on any atom is -0.298 e. The average molecular weight is 367 g/mol. The lowest BCUT2D eigenvalue weighted by molar-refractivity contribution is -0.129. The number of hydrogen-bond acceptors (Lipinski definition) is 2. The molecule has 0 saturated heterocycles. The zero-order valence-corrected chi connectivity index (χ0v) is 15.9. The molecule has 0 aliphatic heterocycles. The molecule has 4 aliphatic carbocycles. The molecule has 0 aromatic rings. The Morgan fingerprint density at radius 3 is 2.72 bits per heavy atom. The average Bonchev–Trinajstić information content (AvgIpc) is 2.93. The number of halogens is 2. The Bertz CT molecular complexity index is 644. The SMILES string of the molecule is C[C@]12CC[C@H]3[C@@H](C[C@H](F)C4=CC(=O)CC[C@@]43C)[C@@H]1CC[C@@H]2C(=O)CCl. The number of carbonyl (C=O) groups is 2. The standard InChI is InChI=1S/C21H28ClFO2/c1-20-8-6-15-13(14(20)3-4-16(20)19(25)11-22)10-18(23)17-9-12(24)5-7-21(15,17)2/h9,13-16,18H,3-8,10-11H2,1-2H3/t13-,14-,15-,16+,18-,20-,21+/m0/s1. The highest BCUT2D eigenvalue weighted by Crippen LogP contribution is 2.67. The monoisotopic (exact) mass is 366 g/mol. The summed E-state index contributed by atoms with van der Waals surface area (Å²) >= 11 is 5.86. The molecular formula is C21H28ClFO2. The van der Waals surface area contributed by atoms with Crippen molar-refractivity contribution in [1.29, 1.82) is 0 Å². The third-order valence-electron chi connectivity index (χ3n) is 8.46. The summed E-state index contributed by atoms with van der Waals surface area (Å²) in [6.45, 7) is 4.44. The van der Waals surface area contributed by atoms with Crippen molar-refractivity contribution in [2.24, 2.45) is 34.5 Å². The van der Waals surface area contributed by atoms with E-state index in [1.54, 1.807) is 6.08 Å². The largest absolute Gasteiger partial charge is 0.298 e. The molecule has 0 unspecified atom stereocenters. The second-order valence-corrected chi connectivity index (χ2v) is 9.61. The number of allylic oxidation sites excluding steroid dienone is 1. The van der Waals surface area contributed by atoms with Crippen LogP contribution in [0.3, 0.4) is 0 Å². The lowest BCUT2D eigenvalue weighted by Crippen LogP contribution is -2.53. The Kier molecular flexibility index (Phi) is 4.18. The number of Topliss-reactive ketones (excluding diaryl/α,β-unsaturated/α-hetero) is 1. The molecule has 0 heterocycles. The zero-order valence-electron chi connectivity index (χ0n) is 15.2. The second-order valence-electron chi connectivity index (χ2n) is 9.34. The first kappa shape index (κ1) is 17.7. The smallest absolute Gasteiger partial charge is 0.155 e. The third-order valence-corrected chi connectivity index (χ3v) is 8.72. The van der Waals surface area contributed by atoms with Crippen molar-refractivity contribution in [1.82, 2.24) is 0 Å². The fourth-order valence-electron chi connectivity index (χ4n) is 7.18. The van der Waals surface area contributed by atoms with Crippen LogP contribution in [0, 0.1) is 34.5 Å². The molecule has 0 amide bonds. The van der Waals surface area contributed by atoms with E-state index in [1.807, 2.05) is 0 Å². The van der Waals surface area contributed by atoms with Crippen molar-refractivity contribution < 1.29 is 14.0 Å². The first-order valence-corrected chi connectivity index (χ1v) is 10.3. The van der Waals surface area contributed by atoms with Gasteiger partial charge in [0.25, 0.3) is 0 Å². The highest BCUT2D eigenvalue weighted by Gasteiger charge is 2.61. The van der Waals surface area contributed by atoms with Crippen molar-refractivity contribution in [2.45, 2.75) is 65.0 Å². The molecule has 2 nitrogen and oxygen atoms in total. The van der Waals surface area contributed by atoms with E-state index in [-0.39, 0.29) is 34.2 Å². The van der Waals surface area contributed by atoms with Crippen LogP contribution >= 0.6 is 11.6 Å². The van der Waals surface area contributed by atoms with Crippen LogP contribution in [0.4, 0.5) is 4.39 Å². The van der Waals surface area contributed by atoms with Crippen LogP contribution < -0.4 is 0 Å². The molecule has 0 N–H and O–H groups in total. The molecule has 0 radical (unpaired) electrons. The van der Waals surface area contributed by atoms with Gasteiger partial charge in [0.2, 0.25) is 0 Å². The van der Waals surface area contributed by atoms with E-state index < -0.39 is 6.17 Å². The number of alkyl halides is 2. The summed E-state index contributed by atoms with van der Waals surface area (Å²) in [5.74, 6) is 1.60. The Hall–Kier alpha value is -0.700. The Morgan fingerprint density at radius 2 is 2.00 bits per heavy atom. The van der Waals surface area contributed by atoms with Gasteiger partial charge in [0, 0.05) is 12.3 Å². The van der Waals surface area contributed by atoms with E-state index in [0.717, 1.165) is 37.7 Å². The molecule has 7 atom stereocenters. The van der Waals surface area contributed by atoms with Crippen molar-refractivity contribution in [3.63, 3.8) is 0 Å². The van der Waals surface area contributed by atoms with Gasteiger partial charge in [-0.05, 0) is 78.8 Å². The van der Waals surface area contributed by atoms with Crippen molar-refractivity contribution in [3.8, 4) is 0 Å². The fraction of sp³-hybridized carbons (Fsp3) is 0.810. The molecule has 4 rings (SSSR count). The number of ketones is 2. The minimum atomic E-state index is -0.999. The number of rotatable bonds is 2. The zero-order chi connectivity index (χ0) is 18.0. The van der Waals surface area contributed by atoms with Crippen LogP contribution in [-0.4, -0.2) is 23.6 Å². The summed E-state index contributed by atoms with van der Waals surface area (Å²) in [6, 6.07) is 0. The van der Waals surface area contributed by atoms with Crippen LogP contribution in [0.2, 0.25) is 0 Å². The van der Waals surface area contributed by atoms with Gasteiger partial charge in [-0.25, -0.2) is 4.39 Å². The van der Waals surface area contributed by atoms with Crippen LogP contribution in [0.25, 0.3) is 0 Å². The highest BCUT2D eigenvalue weighted by molar-refractivity contribution is 6.28. The van der Waals surface area contributed by atoms with E-state index >= 15 is 4.39 Å². The summed E-state index contributed by atoms with van der Waals surface area (Å²) in [4.78, 5) is 24.2. The van der Waals surface area contributed by atoms with Crippen molar-refractivity contribution in [2.75, 3.05) is 5.88 Å². The predicted molar refractivity (Wildman–Crippen MR) is 96.2 cm³/mol. The van der Waals surface area contributed by atoms with Gasteiger partial charge in [-0.1, -0.05) is 13.8 Å². The fourth-order valence-corrected chi connectivity index (χ4v) is 7.37. The summed E-state index contributed by atoms with van der Waals surface area (Å²) in [5, 5.41) is 0. The lowest BCUT2D eigenvalue weighted by Gasteiger charge is -2.58. The van der Waals surface area contributed by atoms with E-state index in [0.29, 0.717) is 30.6 Å². The van der Waals surface area contributed by atoms with Crippen LogP contribution in [0.5, 0.6) is 0 Å². The Morgan fingerprint density at radius 1 is 1.24 bits per heavy atom. The maximum absolute atomic E-state index is 15.1. The normalized spacial score (nSPS) is 49.0. The topological polar surface area (TPSA) is 34.1 Å². The summed E-state index contributed by atoms with van der Waals surface area (Å²) in [5.41, 5.74) is 0.570. The highest BCUT2D eigenvalue weighted by atomic mass is 35.5. The summed E-state index contributed by atoms with van der Waals surface area (Å²) < 4.78 is 15.1. The number of fused-ring (bicyclic) bond motifs is 5. The van der Waals surface area contributed by atoms with Gasteiger partial charge < -0.3 is 0 Å². The molecular weight excluding hydrogens is 339 g/mol. The number of hydrogen-bond donors (Lipinski definition) is 0. The molecule has 3 saturated carbocycles. The van der Waals surface area contributed by atoms with Crippen molar-refractivity contribution >= 4 is 23.2 Å². The lowest BCUT2D eigenvalue weighted by atomic mass is 9.46. The Balaban J connectivity index is 1.68. The molecule has 0 bridgehead atoms. The second kappa shape index (κ2) is 5.90. The molecule has 0 aromatic heterocycles. The van der Waals surface area contributed by atoms with E-state index in [2.05, 4.69) is 13.8 Å². The first-order valence-electron chi connectivity index (χ1n) is 9.79. The number of carbonyl (C=O) groups excluding carboxylic acids is 2. The molecule has 25 heavy (non-hydrogen) atoms. The molecule has 4 heteroatoms. The summed E-state index contributed by atoms with van der Waals surface area (Å²) in [7, 11) is 0. The first-order chi connectivity index (χ1) is 11.8. The van der Waals surface area contributed by atoms with Gasteiger partial charge in [0.1, 0.15) is 6.17 Å². The van der Waals surface area contributed by atoms with E-state index in [9.17, 15) is 9.59 Å². The third kappa shape index (κ3) is 2.40. The molecule has 138 valence electrons. The molecule has 4 aliphatic rings. The van der Waals surface area contributed by atoms with Gasteiger partial charge >= 0.3 is 0 Å². The minimum absolute atomic E-state index is 0.0189.